The molecule has 2 fully saturated rings. The lowest BCUT2D eigenvalue weighted by atomic mass is 9.90. The number of carbonyl (C=O) groups excluding carboxylic acids is 2. The minimum atomic E-state index is -0.835. The average Bonchev–Trinajstić information content (AvgIpc) is 2.49. The first-order chi connectivity index (χ1) is 10.1. The molecule has 6 nitrogen and oxygen atoms in total. The number of rotatable bonds is 5. The molecular weight excluding hydrogens is 270 g/mol. The third-order valence-corrected chi connectivity index (χ3v) is 4.45. The first-order valence-electron chi connectivity index (χ1n) is 8.04. The number of carbonyl (C=O) groups is 2. The molecule has 6 heteroatoms. The summed E-state index contributed by atoms with van der Waals surface area (Å²) in [5, 5.41) is 5.82. The summed E-state index contributed by atoms with van der Waals surface area (Å²) >= 11 is 0. The van der Waals surface area contributed by atoms with Gasteiger partial charge in [0.25, 0.3) is 0 Å². The zero-order valence-corrected chi connectivity index (χ0v) is 12.7. The fourth-order valence-electron chi connectivity index (χ4n) is 2.98. The van der Waals surface area contributed by atoms with Gasteiger partial charge in [0.1, 0.15) is 0 Å². The molecule has 1 aliphatic heterocycles. The van der Waals surface area contributed by atoms with Crippen molar-refractivity contribution in [2.45, 2.75) is 62.9 Å². The summed E-state index contributed by atoms with van der Waals surface area (Å²) in [6, 6.07) is 0.318. The highest BCUT2D eigenvalue weighted by Crippen LogP contribution is 2.18. The van der Waals surface area contributed by atoms with Crippen molar-refractivity contribution in [3.8, 4) is 0 Å². The van der Waals surface area contributed by atoms with Crippen LogP contribution in [0.1, 0.15) is 51.4 Å². The van der Waals surface area contributed by atoms with Crippen LogP contribution in [0.5, 0.6) is 0 Å². The van der Waals surface area contributed by atoms with Gasteiger partial charge in [0.2, 0.25) is 11.8 Å². The number of nitrogens with one attached hydrogen (secondary N) is 2. The van der Waals surface area contributed by atoms with Gasteiger partial charge in [-0.1, -0.05) is 19.3 Å². The summed E-state index contributed by atoms with van der Waals surface area (Å²) in [6.07, 6.45) is 7.19. The van der Waals surface area contributed by atoms with E-state index in [1.54, 1.807) is 0 Å². The van der Waals surface area contributed by atoms with Gasteiger partial charge in [-0.25, -0.2) is 0 Å². The third-order valence-electron chi connectivity index (χ3n) is 4.45. The SMILES string of the molecule is NC1(C(=O)NCCC(=O)NC2CCCCC2)CCOCC1. The Morgan fingerprint density at radius 3 is 2.48 bits per heavy atom. The Labute approximate surface area is 126 Å². The second-order valence-electron chi connectivity index (χ2n) is 6.18. The molecule has 0 aromatic carbocycles. The van der Waals surface area contributed by atoms with E-state index in [-0.39, 0.29) is 11.8 Å². The van der Waals surface area contributed by atoms with Crippen LogP contribution >= 0.6 is 0 Å². The molecule has 0 atom stereocenters. The van der Waals surface area contributed by atoms with Crippen molar-refractivity contribution in [3.63, 3.8) is 0 Å². The Hall–Kier alpha value is -1.14. The molecule has 1 saturated carbocycles. The van der Waals surface area contributed by atoms with E-state index >= 15 is 0 Å². The molecule has 2 rings (SSSR count). The molecular formula is C15H27N3O3. The first kappa shape index (κ1) is 16.2. The van der Waals surface area contributed by atoms with Crippen LogP contribution in [0.15, 0.2) is 0 Å². The standard InChI is InChI=1S/C15H27N3O3/c16-15(7-10-21-11-8-15)14(20)17-9-6-13(19)18-12-4-2-1-3-5-12/h12H,1-11,16H2,(H,17,20)(H,18,19). The molecule has 120 valence electrons. The van der Waals surface area contributed by atoms with E-state index < -0.39 is 5.54 Å². The average molecular weight is 297 g/mol. The van der Waals surface area contributed by atoms with Crippen molar-refractivity contribution in [3.05, 3.63) is 0 Å². The number of hydrogen-bond donors (Lipinski definition) is 3. The summed E-state index contributed by atoms with van der Waals surface area (Å²) in [5.74, 6) is -0.156. The molecule has 0 aromatic rings. The molecule has 4 N–H and O–H groups in total. The van der Waals surface area contributed by atoms with Crippen LogP contribution < -0.4 is 16.4 Å². The van der Waals surface area contributed by atoms with E-state index in [1.807, 2.05) is 0 Å². The van der Waals surface area contributed by atoms with Crippen LogP contribution in [-0.4, -0.2) is 43.2 Å². The van der Waals surface area contributed by atoms with E-state index in [0.717, 1.165) is 12.8 Å². The van der Waals surface area contributed by atoms with E-state index in [2.05, 4.69) is 10.6 Å². The van der Waals surface area contributed by atoms with Gasteiger partial charge in [-0.15, -0.1) is 0 Å². The Morgan fingerprint density at radius 1 is 1.14 bits per heavy atom. The summed E-state index contributed by atoms with van der Waals surface area (Å²) in [4.78, 5) is 23.9. The minimum absolute atomic E-state index is 0.0141. The van der Waals surface area contributed by atoms with Gasteiger partial charge in [-0.2, -0.15) is 0 Å². The molecule has 0 aromatic heterocycles. The summed E-state index contributed by atoms with van der Waals surface area (Å²) < 4.78 is 5.22. The topological polar surface area (TPSA) is 93.5 Å². The van der Waals surface area contributed by atoms with Crippen molar-refractivity contribution in [2.75, 3.05) is 19.8 Å². The Morgan fingerprint density at radius 2 is 1.81 bits per heavy atom. The molecule has 0 unspecified atom stereocenters. The lowest BCUT2D eigenvalue weighted by molar-refractivity contribution is -0.129. The highest BCUT2D eigenvalue weighted by atomic mass is 16.5. The van der Waals surface area contributed by atoms with Crippen molar-refractivity contribution >= 4 is 11.8 Å². The molecule has 1 aliphatic carbocycles. The number of amides is 2. The molecule has 21 heavy (non-hydrogen) atoms. The van der Waals surface area contributed by atoms with Crippen LogP contribution in [0.4, 0.5) is 0 Å². The monoisotopic (exact) mass is 297 g/mol. The highest BCUT2D eigenvalue weighted by molar-refractivity contribution is 5.86. The van der Waals surface area contributed by atoms with E-state index in [9.17, 15) is 9.59 Å². The maximum atomic E-state index is 12.1. The van der Waals surface area contributed by atoms with Gasteiger partial charge in [-0.05, 0) is 25.7 Å². The molecule has 0 radical (unpaired) electrons. The minimum Gasteiger partial charge on any atom is -0.381 e. The predicted octanol–water partition coefficient (Wildman–Crippen LogP) is 0.449. The lowest BCUT2D eigenvalue weighted by Gasteiger charge is -2.31. The third kappa shape index (κ3) is 4.97. The van der Waals surface area contributed by atoms with Crippen LogP contribution in [-0.2, 0) is 14.3 Å². The summed E-state index contributed by atoms with van der Waals surface area (Å²) in [6.45, 7) is 1.38. The van der Waals surface area contributed by atoms with Gasteiger partial charge in [0.15, 0.2) is 0 Å². The molecule has 2 aliphatic rings. The zero-order chi connectivity index (χ0) is 15.1. The quantitative estimate of drug-likeness (QED) is 0.687. The summed E-state index contributed by atoms with van der Waals surface area (Å²) in [7, 11) is 0. The smallest absolute Gasteiger partial charge is 0.240 e. The second kappa shape index (κ2) is 7.75. The molecule has 2 amide bonds. The lowest BCUT2D eigenvalue weighted by Crippen LogP contribution is -2.57. The van der Waals surface area contributed by atoms with Crippen LogP contribution in [0, 0.1) is 0 Å². The van der Waals surface area contributed by atoms with Crippen molar-refractivity contribution in [2.24, 2.45) is 5.73 Å². The Bertz CT molecular complexity index is 361. The van der Waals surface area contributed by atoms with Crippen LogP contribution in [0.25, 0.3) is 0 Å². The number of nitrogens with two attached hydrogens (primary N) is 1. The highest BCUT2D eigenvalue weighted by Gasteiger charge is 2.35. The maximum absolute atomic E-state index is 12.1. The summed E-state index contributed by atoms with van der Waals surface area (Å²) in [5.41, 5.74) is 5.24. The largest absolute Gasteiger partial charge is 0.381 e. The van der Waals surface area contributed by atoms with Crippen molar-refractivity contribution in [1.29, 1.82) is 0 Å². The van der Waals surface area contributed by atoms with Gasteiger partial charge < -0.3 is 21.1 Å². The maximum Gasteiger partial charge on any atom is 0.240 e. The normalized spacial score (nSPS) is 22.5. The predicted molar refractivity (Wildman–Crippen MR) is 79.6 cm³/mol. The molecule has 0 bridgehead atoms. The van der Waals surface area contributed by atoms with Gasteiger partial charge in [0, 0.05) is 32.2 Å². The van der Waals surface area contributed by atoms with Gasteiger partial charge >= 0.3 is 0 Å². The Kier molecular flexibility index (Phi) is 5.99. The fourth-order valence-corrected chi connectivity index (χ4v) is 2.98. The van der Waals surface area contributed by atoms with E-state index in [1.165, 1.54) is 19.3 Å². The first-order valence-corrected chi connectivity index (χ1v) is 8.04. The molecule has 0 spiro atoms. The number of hydrogen-bond acceptors (Lipinski definition) is 4. The second-order valence-corrected chi connectivity index (χ2v) is 6.18. The zero-order valence-electron chi connectivity index (χ0n) is 12.7. The molecule has 1 saturated heterocycles. The van der Waals surface area contributed by atoms with E-state index in [4.69, 9.17) is 10.5 Å². The molecule has 1 heterocycles. The van der Waals surface area contributed by atoms with Gasteiger partial charge in [0.05, 0.1) is 5.54 Å². The fraction of sp³-hybridized carbons (Fsp3) is 0.867. The van der Waals surface area contributed by atoms with Crippen LogP contribution in [0.2, 0.25) is 0 Å². The van der Waals surface area contributed by atoms with Crippen molar-refractivity contribution < 1.29 is 14.3 Å². The number of ether oxygens (including phenoxy) is 1. The van der Waals surface area contributed by atoms with Gasteiger partial charge in [-0.3, -0.25) is 9.59 Å². The van der Waals surface area contributed by atoms with Crippen molar-refractivity contribution in [1.82, 2.24) is 10.6 Å². The van der Waals surface area contributed by atoms with Crippen LogP contribution in [0.3, 0.4) is 0 Å². The Balaban J connectivity index is 1.63. The van der Waals surface area contributed by atoms with E-state index in [0.29, 0.717) is 45.1 Å².